The van der Waals surface area contributed by atoms with Crippen molar-refractivity contribution in [1.29, 1.82) is 0 Å². The molecular formula is C17H23BrN2O2. The quantitative estimate of drug-likeness (QED) is 0.748. The molecule has 2 unspecified atom stereocenters. The number of hydrogen-bond acceptors (Lipinski definition) is 2. The number of rotatable bonds is 5. The molecule has 1 fully saturated rings. The van der Waals surface area contributed by atoms with E-state index in [9.17, 15) is 9.59 Å². The molecule has 0 bridgehead atoms. The third kappa shape index (κ3) is 3.51. The van der Waals surface area contributed by atoms with Crippen molar-refractivity contribution in [3.63, 3.8) is 0 Å². The Morgan fingerprint density at radius 3 is 2.86 bits per heavy atom. The van der Waals surface area contributed by atoms with Crippen LogP contribution in [-0.4, -0.2) is 36.3 Å². The van der Waals surface area contributed by atoms with Gasteiger partial charge in [-0.05, 0) is 38.0 Å². The molecule has 1 heterocycles. The fraction of sp³-hybridized carbons (Fsp3) is 0.529. The first-order valence-corrected chi connectivity index (χ1v) is 8.58. The molecule has 2 rings (SSSR count). The molecule has 0 spiro atoms. The Balaban J connectivity index is 2.09. The minimum absolute atomic E-state index is 0.0524. The topological polar surface area (TPSA) is 40.6 Å². The lowest BCUT2D eigenvalue weighted by Crippen LogP contribution is -2.42. The van der Waals surface area contributed by atoms with Crippen LogP contribution in [0.5, 0.6) is 0 Å². The van der Waals surface area contributed by atoms with Gasteiger partial charge in [0.05, 0.1) is 0 Å². The molecule has 0 aliphatic carbocycles. The van der Waals surface area contributed by atoms with Gasteiger partial charge in [-0.25, -0.2) is 0 Å². The summed E-state index contributed by atoms with van der Waals surface area (Å²) in [7, 11) is 1.80. The van der Waals surface area contributed by atoms with Crippen LogP contribution in [-0.2, 0) is 9.59 Å². The molecule has 0 saturated carbocycles. The summed E-state index contributed by atoms with van der Waals surface area (Å²) in [5.41, 5.74) is 0.846. The van der Waals surface area contributed by atoms with Crippen molar-refractivity contribution in [2.45, 2.75) is 39.2 Å². The van der Waals surface area contributed by atoms with Gasteiger partial charge < -0.3 is 9.80 Å². The Morgan fingerprint density at radius 1 is 1.50 bits per heavy atom. The van der Waals surface area contributed by atoms with Crippen molar-refractivity contribution in [3.8, 4) is 0 Å². The highest BCUT2D eigenvalue weighted by Gasteiger charge is 2.39. The Bertz CT molecular complexity index is 561. The summed E-state index contributed by atoms with van der Waals surface area (Å²) in [4.78, 5) is 28.6. The molecule has 4 nitrogen and oxygen atoms in total. The normalized spacial score (nSPS) is 19.4. The molecule has 5 heteroatoms. The molecule has 0 aromatic heterocycles. The second-order valence-corrected chi connectivity index (χ2v) is 6.81. The van der Waals surface area contributed by atoms with E-state index in [0.717, 1.165) is 23.0 Å². The Labute approximate surface area is 140 Å². The summed E-state index contributed by atoms with van der Waals surface area (Å²) in [6.07, 6.45) is 2.58. The zero-order valence-electron chi connectivity index (χ0n) is 13.4. The van der Waals surface area contributed by atoms with Crippen LogP contribution < -0.4 is 4.90 Å². The maximum absolute atomic E-state index is 12.6. The van der Waals surface area contributed by atoms with Crippen LogP contribution >= 0.6 is 15.9 Å². The lowest BCUT2D eigenvalue weighted by Gasteiger charge is -2.27. The minimum Gasteiger partial charge on any atom is -0.342 e. The van der Waals surface area contributed by atoms with Crippen molar-refractivity contribution in [1.82, 2.24) is 4.90 Å². The van der Waals surface area contributed by atoms with Gasteiger partial charge in [0.1, 0.15) is 5.92 Å². The molecule has 120 valence electrons. The molecule has 1 saturated heterocycles. The number of halogens is 1. The van der Waals surface area contributed by atoms with Gasteiger partial charge in [0.2, 0.25) is 11.8 Å². The first-order chi connectivity index (χ1) is 10.5. The maximum Gasteiger partial charge on any atom is 0.239 e. The molecule has 22 heavy (non-hydrogen) atoms. The SMILES string of the molecule is CCCC(C)N(C)C(=O)C1CCN(c2cccc(Br)c2)C1=O. The highest BCUT2D eigenvalue weighted by molar-refractivity contribution is 9.10. The zero-order valence-corrected chi connectivity index (χ0v) is 15.0. The average molecular weight is 367 g/mol. The molecule has 1 aliphatic heterocycles. The van der Waals surface area contributed by atoms with Crippen molar-refractivity contribution in [2.24, 2.45) is 5.92 Å². The van der Waals surface area contributed by atoms with Gasteiger partial charge in [-0.3, -0.25) is 9.59 Å². The minimum atomic E-state index is -0.539. The Hall–Kier alpha value is -1.36. The van der Waals surface area contributed by atoms with Crippen molar-refractivity contribution in [2.75, 3.05) is 18.5 Å². The van der Waals surface area contributed by atoms with E-state index in [0.29, 0.717) is 13.0 Å². The van der Waals surface area contributed by atoms with Crippen LogP contribution in [0, 0.1) is 5.92 Å². The van der Waals surface area contributed by atoms with E-state index in [2.05, 4.69) is 22.9 Å². The second-order valence-electron chi connectivity index (χ2n) is 5.90. The summed E-state index contributed by atoms with van der Waals surface area (Å²) < 4.78 is 0.932. The summed E-state index contributed by atoms with van der Waals surface area (Å²) in [5.74, 6) is -0.676. The van der Waals surface area contributed by atoms with E-state index in [1.54, 1.807) is 16.8 Å². The van der Waals surface area contributed by atoms with E-state index < -0.39 is 5.92 Å². The lowest BCUT2D eigenvalue weighted by molar-refractivity contribution is -0.140. The van der Waals surface area contributed by atoms with Crippen LogP contribution in [0.1, 0.15) is 33.1 Å². The molecule has 2 amide bonds. The van der Waals surface area contributed by atoms with Crippen LogP contribution in [0.2, 0.25) is 0 Å². The average Bonchev–Trinajstić information content (AvgIpc) is 2.87. The number of nitrogens with zero attached hydrogens (tertiary/aromatic N) is 2. The van der Waals surface area contributed by atoms with Gasteiger partial charge in [-0.1, -0.05) is 35.3 Å². The molecule has 1 aromatic carbocycles. The predicted octanol–water partition coefficient (Wildman–Crippen LogP) is 3.45. The van der Waals surface area contributed by atoms with Crippen LogP contribution in [0.4, 0.5) is 5.69 Å². The number of carbonyl (C=O) groups is 2. The highest BCUT2D eigenvalue weighted by Crippen LogP contribution is 2.28. The Kier molecular flexibility index (Phi) is 5.62. The summed E-state index contributed by atoms with van der Waals surface area (Å²) in [6, 6.07) is 7.81. The molecular weight excluding hydrogens is 344 g/mol. The van der Waals surface area contributed by atoms with Gasteiger partial charge in [0, 0.05) is 29.8 Å². The third-order valence-corrected chi connectivity index (χ3v) is 4.83. The number of benzene rings is 1. The standard InChI is InChI=1S/C17H23BrN2O2/c1-4-6-12(2)19(3)16(21)15-9-10-20(17(15)22)14-8-5-7-13(18)11-14/h5,7-8,11-12,15H,4,6,9-10H2,1-3H3. The van der Waals surface area contributed by atoms with Crippen LogP contribution in [0.3, 0.4) is 0 Å². The second kappa shape index (κ2) is 7.27. The largest absolute Gasteiger partial charge is 0.342 e. The summed E-state index contributed by atoms with van der Waals surface area (Å²) in [5, 5.41) is 0. The van der Waals surface area contributed by atoms with Gasteiger partial charge in [0.25, 0.3) is 0 Å². The molecule has 0 radical (unpaired) electrons. The van der Waals surface area contributed by atoms with E-state index in [1.165, 1.54) is 0 Å². The zero-order chi connectivity index (χ0) is 16.3. The van der Waals surface area contributed by atoms with Gasteiger partial charge >= 0.3 is 0 Å². The van der Waals surface area contributed by atoms with Gasteiger partial charge in [-0.15, -0.1) is 0 Å². The van der Waals surface area contributed by atoms with Crippen LogP contribution in [0.15, 0.2) is 28.7 Å². The molecule has 2 atom stereocenters. The van der Waals surface area contributed by atoms with Gasteiger partial charge in [-0.2, -0.15) is 0 Å². The Morgan fingerprint density at radius 2 is 2.23 bits per heavy atom. The molecule has 0 N–H and O–H groups in total. The summed E-state index contributed by atoms with van der Waals surface area (Å²) in [6.45, 7) is 4.74. The van der Waals surface area contributed by atoms with E-state index in [-0.39, 0.29) is 17.9 Å². The van der Waals surface area contributed by atoms with E-state index in [1.807, 2.05) is 31.2 Å². The maximum atomic E-state index is 12.6. The fourth-order valence-corrected chi connectivity index (χ4v) is 3.27. The first kappa shape index (κ1) is 17.0. The number of anilines is 1. The van der Waals surface area contributed by atoms with Gasteiger partial charge in [0.15, 0.2) is 0 Å². The first-order valence-electron chi connectivity index (χ1n) is 7.79. The summed E-state index contributed by atoms with van der Waals surface area (Å²) >= 11 is 3.42. The third-order valence-electron chi connectivity index (χ3n) is 4.34. The number of amides is 2. The highest BCUT2D eigenvalue weighted by atomic mass is 79.9. The smallest absolute Gasteiger partial charge is 0.239 e. The number of hydrogen-bond donors (Lipinski definition) is 0. The van der Waals surface area contributed by atoms with Crippen LogP contribution in [0.25, 0.3) is 0 Å². The molecule has 1 aromatic rings. The van der Waals surface area contributed by atoms with Crippen molar-refractivity contribution in [3.05, 3.63) is 28.7 Å². The van der Waals surface area contributed by atoms with E-state index >= 15 is 0 Å². The monoisotopic (exact) mass is 366 g/mol. The molecule has 1 aliphatic rings. The van der Waals surface area contributed by atoms with Crippen molar-refractivity contribution >= 4 is 33.4 Å². The number of carbonyl (C=O) groups excluding carboxylic acids is 2. The van der Waals surface area contributed by atoms with E-state index in [4.69, 9.17) is 0 Å². The predicted molar refractivity (Wildman–Crippen MR) is 91.7 cm³/mol. The lowest BCUT2D eigenvalue weighted by atomic mass is 10.0. The van der Waals surface area contributed by atoms with Crippen molar-refractivity contribution < 1.29 is 9.59 Å². The fourth-order valence-electron chi connectivity index (χ4n) is 2.88.